The number of hydrogen-bond acceptors (Lipinski definition) is 5. The lowest BCUT2D eigenvalue weighted by Gasteiger charge is -2.61. The number of rotatable bonds is 6. The first-order chi connectivity index (χ1) is 15.2. The fourth-order valence-corrected chi connectivity index (χ4v) is 9.20. The molecule has 180 valence electrons. The Labute approximate surface area is 194 Å². The summed E-state index contributed by atoms with van der Waals surface area (Å²) in [5.41, 5.74) is 0.160. The Bertz CT molecular complexity index is 765. The summed E-state index contributed by atoms with van der Waals surface area (Å²) in [6, 6.07) is 0. The number of fused-ring (bicyclic) bond motifs is 6. The van der Waals surface area contributed by atoms with Gasteiger partial charge in [-0.1, -0.05) is 27.7 Å². The zero-order chi connectivity index (χ0) is 22.8. The van der Waals surface area contributed by atoms with Crippen LogP contribution in [0.1, 0.15) is 79.6 Å². The van der Waals surface area contributed by atoms with Gasteiger partial charge >= 0.3 is 5.97 Å². The number of carbonyl (C=O) groups is 2. The van der Waals surface area contributed by atoms with E-state index in [2.05, 4.69) is 32.6 Å². The van der Waals surface area contributed by atoms with Crippen LogP contribution in [0.2, 0.25) is 0 Å². The van der Waals surface area contributed by atoms with E-state index in [0.29, 0.717) is 42.1 Å². The maximum absolute atomic E-state index is 13.0. The predicted molar refractivity (Wildman–Crippen MR) is 123 cm³/mol. The van der Waals surface area contributed by atoms with Crippen LogP contribution in [-0.4, -0.2) is 54.6 Å². The maximum Gasteiger partial charge on any atom is 0.320 e. The number of esters is 1. The molecular formula is C27H43NO4. The minimum atomic E-state index is -0.114. The van der Waals surface area contributed by atoms with Crippen molar-refractivity contribution < 1.29 is 19.1 Å². The Morgan fingerprint density at radius 1 is 1.03 bits per heavy atom. The van der Waals surface area contributed by atoms with Crippen molar-refractivity contribution in [3.8, 4) is 0 Å². The van der Waals surface area contributed by atoms with Gasteiger partial charge < -0.3 is 9.47 Å². The Morgan fingerprint density at radius 3 is 2.47 bits per heavy atom. The van der Waals surface area contributed by atoms with Crippen molar-refractivity contribution in [1.29, 1.82) is 0 Å². The van der Waals surface area contributed by atoms with Crippen LogP contribution in [-0.2, 0) is 19.1 Å². The van der Waals surface area contributed by atoms with E-state index >= 15 is 0 Å². The molecule has 1 aliphatic heterocycles. The van der Waals surface area contributed by atoms with E-state index in [0.717, 1.165) is 38.8 Å². The Balaban J connectivity index is 1.40. The molecule has 5 rings (SSSR count). The van der Waals surface area contributed by atoms with E-state index in [1.54, 1.807) is 6.92 Å². The molecule has 0 bridgehead atoms. The highest BCUT2D eigenvalue weighted by Gasteiger charge is 2.69. The molecule has 10 atom stereocenters. The topological polar surface area (TPSA) is 59.1 Å². The number of nitrogens with zero attached hydrogens (tertiary/aromatic N) is 1. The van der Waals surface area contributed by atoms with Gasteiger partial charge in [-0.15, -0.1) is 0 Å². The second kappa shape index (κ2) is 8.08. The Hall–Kier alpha value is -0.940. The summed E-state index contributed by atoms with van der Waals surface area (Å²) in [6.45, 7) is 12.9. The molecule has 1 saturated heterocycles. The molecule has 4 aliphatic carbocycles. The van der Waals surface area contributed by atoms with Crippen LogP contribution in [0.5, 0.6) is 0 Å². The average molecular weight is 446 g/mol. The summed E-state index contributed by atoms with van der Waals surface area (Å²) in [6.07, 6.45) is 8.45. The smallest absolute Gasteiger partial charge is 0.320 e. The van der Waals surface area contributed by atoms with Crippen LogP contribution in [0, 0.1) is 40.4 Å². The molecule has 5 nitrogen and oxygen atoms in total. The molecule has 5 heteroatoms. The molecule has 0 N–H and O–H groups in total. The highest BCUT2D eigenvalue weighted by atomic mass is 16.6. The van der Waals surface area contributed by atoms with Crippen molar-refractivity contribution in [2.45, 2.75) is 97.9 Å². The quantitative estimate of drug-likeness (QED) is 0.446. The van der Waals surface area contributed by atoms with Crippen molar-refractivity contribution in [1.82, 2.24) is 4.90 Å². The van der Waals surface area contributed by atoms with E-state index in [1.165, 1.54) is 19.3 Å². The first kappa shape index (κ1) is 22.8. The van der Waals surface area contributed by atoms with E-state index < -0.39 is 0 Å². The van der Waals surface area contributed by atoms with Crippen LogP contribution < -0.4 is 0 Å². The van der Waals surface area contributed by atoms with Crippen molar-refractivity contribution >= 4 is 11.8 Å². The number of ketones is 1. The van der Waals surface area contributed by atoms with E-state index in [1.807, 2.05) is 0 Å². The van der Waals surface area contributed by atoms with Crippen molar-refractivity contribution in [2.75, 3.05) is 19.6 Å². The van der Waals surface area contributed by atoms with Crippen LogP contribution >= 0.6 is 0 Å². The third-order valence-corrected chi connectivity index (χ3v) is 11.0. The van der Waals surface area contributed by atoms with Gasteiger partial charge in [0.15, 0.2) is 0 Å². The first-order valence-corrected chi connectivity index (χ1v) is 13.3. The number of epoxide rings is 1. The molecule has 0 amide bonds. The lowest BCUT2D eigenvalue weighted by Crippen LogP contribution is -2.60. The third-order valence-electron chi connectivity index (χ3n) is 11.0. The normalized spacial score (nSPS) is 48.9. The van der Waals surface area contributed by atoms with Gasteiger partial charge in [0.2, 0.25) is 0 Å². The molecule has 4 saturated carbocycles. The largest absolute Gasteiger partial charge is 0.458 e. The minimum Gasteiger partial charge on any atom is -0.458 e. The van der Waals surface area contributed by atoms with Crippen LogP contribution in [0.3, 0.4) is 0 Å². The molecule has 32 heavy (non-hydrogen) atoms. The van der Waals surface area contributed by atoms with Gasteiger partial charge in [0.05, 0.1) is 12.6 Å². The fraction of sp³-hybridized carbons (Fsp3) is 0.926. The molecule has 0 aromatic rings. The van der Waals surface area contributed by atoms with Gasteiger partial charge in [0.1, 0.15) is 18.0 Å². The zero-order valence-corrected chi connectivity index (χ0v) is 20.8. The molecule has 0 aromatic heterocycles. The van der Waals surface area contributed by atoms with Crippen LogP contribution in [0.15, 0.2) is 0 Å². The third kappa shape index (κ3) is 3.32. The van der Waals surface area contributed by atoms with Gasteiger partial charge in [-0.05, 0) is 94.0 Å². The number of Topliss-reactive ketones (excluding diaryl/α,β-unsaturated/α-hetero) is 1. The monoisotopic (exact) mass is 445 g/mol. The van der Waals surface area contributed by atoms with Crippen molar-refractivity contribution in [2.24, 2.45) is 40.4 Å². The summed E-state index contributed by atoms with van der Waals surface area (Å²) in [4.78, 5) is 27.5. The molecule has 1 heterocycles. The summed E-state index contributed by atoms with van der Waals surface area (Å²) in [7, 11) is 0. The predicted octanol–water partition coefficient (Wildman–Crippen LogP) is 4.48. The maximum atomic E-state index is 13.0. The van der Waals surface area contributed by atoms with Crippen LogP contribution in [0.4, 0.5) is 0 Å². The van der Waals surface area contributed by atoms with E-state index in [4.69, 9.17) is 9.47 Å². The molecule has 5 aliphatic rings. The average Bonchev–Trinajstić information content (AvgIpc) is 3.43. The van der Waals surface area contributed by atoms with E-state index in [9.17, 15) is 9.59 Å². The summed E-state index contributed by atoms with van der Waals surface area (Å²) >= 11 is 0. The number of hydrogen-bond donors (Lipinski definition) is 0. The highest BCUT2D eigenvalue weighted by Crippen LogP contribution is 2.69. The molecule has 0 aromatic carbocycles. The van der Waals surface area contributed by atoms with Gasteiger partial charge in [-0.25, -0.2) is 0 Å². The van der Waals surface area contributed by atoms with E-state index in [-0.39, 0.29) is 34.9 Å². The van der Waals surface area contributed by atoms with Gasteiger partial charge in [-0.2, -0.15) is 0 Å². The fourth-order valence-electron chi connectivity index (χ4n) is 9.20. The minimum absolute atomic E-state index is 0.00482. The zero-order valence-electron chi connectivity index (χ0n) is 20.8. The Kier molecular flexibility index (Phi) is 5.76. The molecule has 1 unspecified atom stereocenters. The van der Waals surface area contributed by atoms with Crippen LogP contribution in [0.25, 0.3) is 0 Å². The Morgan fingerprint density at radius 2 is 1.78 bits per heavy atom. The molecule has 0 radical (unpaired) electrons. The standard InChI is InChI=1S/C27H43NO4/c1-6-28(7-2)15-23(30)32-25-24-22(31-24)14-17-8-9-18-20-11-10-19(16(3)29)26(20,4)13-12-21(18)27(17,25)5/h17-22,24-25H,6-15H2,1-5H3/t17-,18-,19+,20-,21-,22-,24-,25?,26+,27-/m0/s1. The first-order valence-electron chi connectivity index (χ1n) is 13.3. The highest BCUT2D eigenvalue weighted by molar-refractivity contribution is 5.79. The number of likely N-dealkylation sites (N-methyl/N-ethyl adjacent to an activating group) is 1. The van der Waals surface area contributed by atoms with Crippen molar-refractivity contribution in [3.63, 3.8) is 0 Å². The number of ether oxygens (including phenoxy) is 2. The van der Waals surface area contributed by atoms with Crippen molar-refractivity contribution in [3.05, 3.63) is 0 Å². The second-order valence-corrected chi connectivity index (χ2v) is 12.0. The SMILES string of the molecule is CCN(CC)CC(=O)OC1[C@H]2O[C@H]2C[C@@H]2CC[C@H]3[C@@H]4CC[C@H](C(C)=O)[C@@]4(C)CC[C@@H]3[C@@]12C. The second-order valence-electron chi connectivity index (χ2n) is 12.0. The molecule has 5 fully saturated rings. The molecular weight excluding hydrogens is 402 g/mol. The lowest BCUT2D eigenvalue weighted by atomic mass is 9.44. The lowest BCUT2D eigenvalue weighted by molar-refractivity contribution is -0.189. The summed E-state index contributed by atoms with van der Waals surface area (Å²) in [5.74, 6) is 2.98. The summed E-state index contributed by atoms with van der Waals surface area (Å²) < 4.78 is 12.4. The molecule has 0 spiro atoms. The van der Waals surface area contributed by atoms with Gasteiger partial charge in [0.25, 0.3) is 0 Å². The van der Waals surface area contributed by atoms with Gasteiger partial charge in [-0.3, -0.25) is 14.5 Å². The van der Waals surface area contributed by atoms with Gasteiger partial charge in [0, 0.05) is 11.3 Å². The number of carbonyl (C=O) groups excluding carboxylic acids is 2. The summed E-state index contributed by atoms with van der Waals surface area (Å²) in [5, 5.41) is 0.